The Kier molecular flexibility index (Phi) is 2.30. The highest BCUT2D eigenvalue weighted by atomic mass is 16.1. The van der Waals surface area contributed by atoms with E-state index in [0.717, 1.165) is 11.4 Å². The van der Waals surface area contributed by atoms with Crippen molar-refractivity contribution in [2.45, 2.75) is 0 Å². The summed E-state index contributed by atoms with van der Waals surface area (Å²) < 4.78 is 5.53. The van der Waals surface area contributed by atoms with E-state index in [-0.39, 0.29) is 5.56 Å². The van der Waals surface area contributed by atoms with Crippen molar-refractivity contribution in [1.82, 2.24) is 9.13 Å². The van der Waals surface area contributed by atoms with Gasteiger partial charge in [0.1, 0.15) is 6.20 Å². The standard InChI is InChI=1S/C14H14N3O/c1-15-8-9-17-12(10-15)16(2)13(14(17)18)11-6-4-3-5-7-11/h3-10H,1-2H3/q+1. The van der Waals surface area contributed by atoms with Crippen molar-refractivity contribution < 1.29 is 4.57 Å². The van der Waals surface area contributed by atoms with E-state index in [0.29, 0.717) is 5.69 Å². The Hall–Kier alpha value is -2.36. The van der Waals surface area contributed by atoms with E-state index in [1.54, 1.807) is 10.8 Å². The van der Waals surface area contributed by atoms with Crippen molar-refractivity contribution >= 4 is 0 Å². The summed E-state index contributed by atoms with van der Waals surface area (Å²) in [5, 5.41) is 0. The molecule has 0 radical (unpaired) electrons. The Morgan fingerprint density at radius 2 is 1.83 bits per heavy atom. The van der Waals surface area contributed by atoms with Gasteiger partial charge in [-0.3, -0.25) is 0 Å². The van der Waals surface area contributed by atoms with Gasteiger partial charge in [-0.1, -0.05) is 30.3 Å². The number of aromatic nitrogens is 3. The van der Waals surface area contributed by atoms with Crippen LogP contribution in [0.1, 0.15) is 0 Å². The molecule has 2 heterocycles. The summed E-state index contributed by atoms with van der Waals surface area (Å²) in [4.78, 5) is 12.4. The van der Waals surface area contributed by atoms with Gasteiger partial charge >= 0.3 is 11.4 Å². The molecule has 4 nitrogen and oxygen atoms in total. The van der Waals surface area contributed by atoms with Gasteiger partial charge in [-0.15, -0.1) is 0 Å². The lowest BCUT2D eigenvalue weighted by Crippen LogP contribution is -2.32. The van der Waals surface area contributed by atoms with Gasteiger partial charge in [0.05, 0.1) is 13.2 Å². The molecule has 0 aliphatic carbocycles. The van der Waals surface area contributed by atoms with Crippen LogP contribution in [0.2, 0.25) is 0 Å². The van der Waals surface area contributed by atoms with Gasteiger partial charge in [-0.25, -0.2) is 9.36 Å². The molecule has 0 bridgehead atoms. The molecule has 0 N–H and O–H groups in total. The predicted molar refractivity (Wildman–Crippen MR) is 68.8 cm³/mol. The third-order valence-electron chi connectivity index (χ3n) is 3.16. The van der Waals surface area contributed by atoms with Gasteiger partial charge in [0, 0.05) is 18.8 Å². The lowest BCUT2D eigenvalue weighted by Gasteiger charge is -1.99. The topological polar surface area (TPSA) is 30.8 Å². The Morgan fingerprint density at radius 1 is 1.11 bits per heavy atom. The van der Waals surface area contributed by atoms with Crippen molar-refractivity contribution in [2.24, 2.45) is 14.1 Å². The van der Waals surface area contributed by atoms with Gasteiger partial charge in [0.15, 0.2) is 0 Å². The summed E-state index contributed by atoms with van der Waals surface area (Å²) in [6.45, 7) is 0. The number of hydrogen-bond acceptors (Lipinski definition) is 1. The van der Waals surface area contributed by atoms with Crippen LogP contribution in [0.25, 0.3) is 17.1 Å². The number of nitrogens with zero attached hydrogens (tertiary/aromatic N) is 3. The van der Waals surface area contributed by atoms with E-state index < -0.39 is 0 Å². The molecular formula is C14H14N3O+. The molecule has 1 aromatic carbocycles. The minimum absolute atomic E-state index is 0.0132. The highest BCUT2D eigenvalue weighted by Gasteiger charge is 2.27. The molecule has 0 spiro atoms. The van der Waals surface area contributed by atoms with E-state index in [1.807, 2.05) is 66.0 Å². The van der Waals surface area contributed by atoms with Crippen LogP contribution < -0.4 is 10.1 Å². The van der Waals surface area contributed by atoms with Gasteiger partial charge < -0.3 is 4.57 Å². The first kappa shape index (κ1) is 10.8. The summed E-state index contributed by atoms with van der Waals surface area (Å²) in [6.07, 6.45) is 5.60. The zero-order valence-corrected chi connectivity index (χ0v) is 10.4. The van der Waals surface area contributed by atoms with Crippen LogP contribution in [0.5, 0.6) is 0 Å². The maximum Gasteiger partial charge on any atom is 0.386 e. The SMILES string of the molecule is Cn1ccn2c(=O)c(-c3ccccc3)[n+](C)c-2c1. The van der Waals surface area contributed by atoms with Crippen LogP contribution >= 0.6 is 0 Å². The zero-order chi connectivity index (χ0) is 12.7. The molecule has 0 aromatic heterocycles. The number of aryl methyl sites for hydroxylation is 1. The van der Waals surface area contributed by atoms with Crippen LogP contribution in [0.4, 0.5) is 0 Å². The number of hydrogen-bond donors (Lipinski definition) is 0. The van der Waals surface area contributed by atoms with Crippen LogP contribution in [0.15, 0.2) is 53.7 Å². The maximum atomic E-state index is 12.4. The van der Waals surface area contributed by atoms with Crippen LogP contribution in [0, 0.1) is 0 Å². The molecule has 2 aliphatic heterocycles. The lowest BCUT2D eigenvalue weighted by atomic mass is 10.2. The first-order chi connectivity index (χ1) is 8.68. The smallest absolute Gasteiger partial charge is 0.347 e. The third-order valence-corrected chi connectivity index (χ3v) is 3.16. The molecular weight excluding hydrogens is 226 g/mol. The monoisotopic (exact) mass is 240 g/mol. The van der Waals surface area contributed by atoms with Crippen molar-refractivity contribution in [2.75, 3.05) is 0 Å². The average molecular weight is 240 g/mol. The predicted octanol–water partition coefficient (Wildman–Crippen LogP) is 1.11. The van der Waals surface area contributed by atoms with Crippen molar-refractivity contribution in [1.29, 1.82) is 0 Å². The molecule has 0 atom stereocenters. The maximum absolute atomic E-state index is 12.4. The van der Waals surface area contributed by atoms with Crippen LogP contribution in [0.3, 0.4) is 0 Å². The zero-order valence-electron chi connectivity index (χ0n) is 10.4. The number of fused-ring (bicyclic) bond motifs is 1. The Balaban J connectivity index is 2.38. The Bertz CT molecular complexity index is 725. The van der Waals surface area contributed by atoms with E-state index in [1.165, 1.54) is 0 Å². The molecule has 1 aromatic rings. The molecule has 0 unspecified atom stereocenters. The lowest BCUT2D eigenvalue weighted by molar-refractivity contribution is -0.650. The van der Waals surface area contributed by atoms with Gasteiger partial charge in [-0.2, -0.15) is 4.57 Å². The number of imidazole rings is 1. The first-order valence-corrected chi connectivity index (χ1v) is 5.80. The number of benzene rings is 1. The molecule has 18 heavy (non-hydrogen) atoms. The molecule has 4 heteroatoms. The molecule has 90 valence electrons. The van der Waals surface area contributed by atoms with E-state index in [4.69, 9.17) is 0 Å². The minimum Gasteiger partial charge on any atom is -0.347 e. The average Bonchev–Trinajstić information content (AvgIpc) is 2.63. The second-order valence-corrected chi connectivity index (χ2v) is 4.40. The van der Waals surface area contributed by atoms with Gasteiger partial charge in [0.25, 0.3) is 0 Å². The van der Waals surface area contributed by atoms with Gasteiger partial charge in [0.2, 0.25) is 5.69 Å². The van der Waals surface area contributed by atoms with Crippen molar-refractivity contribution in [3.63, 3.8) is 0 Å². The fourth-order valence-corrected chi connectivity index (χ4v) is 2.24. The summed E-state index contributed by atoms with van der Waals surface area (Å²) in [5.74, 6) is 0.879. The minimum atomic E-state index is 0.0132. The molecule has 0 saturated heterocycles. The Labute approximate surface area is 105 Å². The van der Waals surface area contributed by atoms with Crippen LogP contribution in [-0.2, 0) is 14.1 Å². The third kappa shape index (κ3) is 1.46. The largest absolute Gasteiger partial charge is 0.386 e. The molecule has 2 aliphatic rings. The Morgan fingerprint density at radius 3 is 2.56 bits per heavy atom. The number of rotatable bonds is 1. The second kappa shape index (κ2) is 3.84. The quantitative estimate of drug-likeness (QED) is 0.586. The van der Waals surface area contributed by atoms with E-state index in [9.17, 15) is 4.79 Å². The van der Waals surface area contributed by atoms with Crippen LogP contribution in [-0.4, -0.2) is 9.13 Å². The molecule has 3 rings (SSSR count). The highest BCUT2D eigenvalue weighted by molar-refractivity contribution is 5.56. The summed E-state index contributed by atoms with van der Waals surface area (Å²) in [7, 11) is 3.86. The first-order valence-electron chi connectivity index (χ1n) is 5.80. The summed E-state index contributed by atoms with van der Waals surface area (Å²) in [5.41, 5.74) is 1.66. The van der Waals surface area contributed by atoms with Gasteiger partial charge in [-0.05, 0) is 0 Å². The van der Waals surface area contributed by atoms with E-state index >= 15 is 0 Å². The molecule has 0 amide bonds. The molecule has 0 fully saturated rings. The van der Waals surface area contributed by atoms with E-state index in [2.05, 4.69) is 0 Å². The second-order valence-electron chi connectivity index (χ2n) is 4.40. The summed E-state index contributed by atoms with van der Waals surface area (Å²) >= 11 is 0. The highest BCUT2D eigenvalue weighted by Crippen LogP contribution is 2.14. The van der Waals surface area contributed by atoms with Crippen molar-refractivity contribution in [3.8, 4) is 17.1 Å². The summed E-state index contributed by atoms with van der Waals surface area (Å²) in [6, 6.07) is 9.74. The fraction of sp³-hybridized carbons (Fsp3) is 0.143. The normalized spacial score (nSPS) is 11.0. The molecule has 0 saturated carbocycles. The van der Waals surface area contributed by atoms with Crippen molar-refractivity contribution in [3.05, 3.63) is 59.3 Å². The fourth-order valence-electron chi connectivity index (χ4n) is 2.24.